The van der Waals surface area contributed by atoms with Crippen LogP contribution in [0.2, 0.25) is 0 Å². The van der Waals surface area contributed by atoms with E-state index in [0.717, 1.165) is 57.8 Å². The van der Waals surface area contributed by atoms with Crippen molar-refractivity contribution in [1.82, 2.24) is 15.5 Å². The molecule has 9 heteroatoms. The summed E-state index contributed by atoms with van der Waals surface area (Å²) in [6.07, 6.45) is 14.0. The molecule has 3 amide bonds. The summed E-state index contributed by atoms with van der Waals surface area (Å²) < 4.78 is 11.8. The third-order valence-corrected chi connectivity index (χ3v) is 9.11. The summed E-state index contributed by atoms with van der Waals surface area (Å²) in [7, 11) is 0. The Kier molecular flexibility index (Phi) is 15.1. The predicted molar refractivity (Wildman–Crippen MR) is 166 cm³/mol. The minimum atomic E-state index is -0.980. The highest BCUT2D eigenvalue weighted by Gasteiger charge is 2.51. The summed E-state index contributed by atoms with van der Waals surface area (Å²) in [4.78, 5) is 42.1. The first-order valence-corrected chi connectivity index (χ1v) is 16.8. The van der Waals surface area contributed by atoms with Gasteiger partial charge in [-0.25, -0.2) is 4.79 Å². The van der Waals surface area contributed by atoms with Crippen molar-refractivity contribution in [3.63, 3.8) is 0 Å². The normalized spacial score (nSPS) is 21.7. The fourth-order valence-corrected chi connectivity index (χ4v) is 6.51. The Balaban J connectivity index is 2.23. The van der Waals surface area contributed by atoms with Crippen LogP contribution in [0.15, 0.2) is 0 Å². The topological polar surface area (TPSA) is 117 Å². The zero-order valence-electron chi connectivity index (χ0n) is 27.5. The maximum atomic E-state index is 13.8. The quantitative estimate of drug-likeness (QED) is 0.153. The molecule has 2 fully saturated rings. The van der Waals surface area contributed by atoms with Crippen LogP contribution in [0.25, 0.3) is 0 Å². The molecule has 1 aliphatic heterocycles. The number of aliphatic carboxylic acids is 1. The van der Waals surface area contributed by atoms with E-state index in [-0.39, 0.29) is 18.5 Å². The number of rotatable bonds is 18. The molecule has 2 unspecified atom stereocenters. The molecule has 9 nitrogen and oxygen atoms in total. The Morgan fingerprint density at radius 1 is 0.857 bits per heavy atom. The van der Waals surface area contributed by atoms with E-state index in [0.29, 0.717) is 32.5 Å². The number of nitrogens with one attached hydrogen (secondary N) is 2. The van der Waals surface area contributed by atoms with Crippen LogP contribution >= 0.6 is 0 Å². The Bertz CT molecular complexity index is 840. The van der Waals surface area contributed by atoms with E-state index in [9.17, 15) is 19.5 Å². The average Bonchev–Trinajstić information content (AvgIpc) is 2.94. The van der Waals surface area contributed by atoms with Gasteiger partial charge >= 0.3 is 12.0 Å². The Morgan fingerprint density at radius 2 is 1.45 bits per heavy atom. The van der Waals surface area contributed by atoms with Gasteiger partial charge in [0.15, 0.2) is 5.79 Å². The zero-order valence-corrected chi connectivity index (χ0v) is 27.5. The highest BCUT2D eigenvalue weighted by atomic mass is 16.7. The molecule has 1 aliphatic carbocycles. The smallest absolute Gasteiger partial charge is 0.317 e. The molecule has 2 aliphatic rings. The van der Waals surface area contributed by atoms with Crippen LogP contribution in [0.5, 0.6) is 0 Å². The average molecular weight is 596 g/mol. The van der Waals surface area contributed by atoms with Crippen molar-refractivity contribution in [2.45, 2.75) is 155 Å². The molecule has 2 atom stereocenters. The molecule has 0 spiro atoms. The standard InChI is InChI=1S/C33H61N3O6/c1-7-9-11-13-14-18-22-34-30(40)36(23-19-12-10-8-2)33(20-16-15-17-21-33)26(29(38)39)24-35-28(37)27-31(3,4)25-41-32(5,6)42-27/h26-27H,7-25H2,1-6H3,(H,34,40)(H,35,37)(H,38,39). The molecule has 0 aromatic heterocycles. The molecule has 0 aromatic carbocycles. The fourth-order valence-electron chi connectivity index (χ4n) is 6.51. The second-order valence-electron chi connectivity index (χ2n) is 13.7. The van der Waals surface area contributed by atoms with Gasteiger partial charge in [0.25, 0.3) is 0 Å². The lowest BCUT2D eigenvalue weighted by Gasteiger charge is -2.50. The van der Waals surface area contributed by atoms with Gasteiger partial charge in [-0.1, -0.05) is 98.3 Å². The molecule has 244 valence electrons. The van der Waals surface area contributed by atoms with Crippen LogP contribution in [0, 0.1) is 11.3 Å². The van der Waals surface area contributed by atoms with Gasteiger partial charge in [0.2, 0.25) is 5.91 Å². The van der Waals surface area contributed by atoms with Gasteiger partial charge in [-0.15, -0.1) is 0 Å². The van der Waals surface area contributed by atoms with Gasteiger partial charge in [0, 0.05) is 25.0 Å². The number of carboxylic acids is 1. The molecule has 0 radical (unpaired) electrons. The van der Waals surface area contributed by atoms with Crippen LogP contribution in [0.3, 0.4) is 0 Å². The molecule has 1 saturated carbocycles. The SMILES string of the molecule is CCCCCCCCNC(=O)N(CCCCCC)C1(C(CNC(=O)C2OC(C)(C)OCC2(C)C)C(=O)O)CCCCC1. The first-order chi connectivity index (χ1) is 19.9. The number of nitrogens with zero attached hydrogens (tertiary/aromatic N) is 1. The number of ether oxygens (including phenoxy) is 2. The van der Waals surface area contributed by atoms with Crippen molar-refractivity contribution < 1.29 is 29.0 Å². The lowest BCUT2D eigenvalue weighted by Crippen LogP contribution is -2.64. The van der Waals surface area contributed by atoms with E-state index in [4.69, 9.17) is 9.47 Å². The minimum absolute atomic E-state index is 0.0540. The Hall–Kier alpha value is -1.87. The van der Waals surface area contributed by atoms with Crippen LogP contribution < -0.4 is 10.6 Å². The van der Waals surface area contributed by atoms with E-state index in [1.54, 1.807) is 13.8 Å². The molecule has 2 rings (SSSR count). The maximum absolute atomic E-state index is 13.8. The molecule has 1 heterocycles. The molecule has 1 saturated heterocycles. The Labute approximate surface area is 255 Å². The third-order valence-electron chi connectivity index (χ3n) is 9.11. The van der Waals surface area contributed by atoms with Gasteiger partial charge < -0.3 is 30.1 Å². The second-order valence-corrected chi connectivity index (χ2v) is 13.7. The van der Waals surface area contributed by atoms with Crippen molar-refractivity contribution >= 4 is 17.9 Å². The molecular weight excluding hydrogens is 534 g/mol. The van der Waals surface area contributed by atoms with Gasteiger partial charge in [0.05, 0.1) is 18.1 Å². The van der Waals surface area contributed by atoms with Crippen LogP contribution in [-0.4, -0.2) is 71.6 Å². The lowest BCUT2D eigenvalue weighted by atomic mass is 9.71. The van der Waals surface area contributed by atoms with E-state index < -0.39 is 34.7 Å². The summed E-state index contributed by atoms with van der Waals surface area (Å²) in [6.45, 7) is 13.1. The number of carbonyl (C=O) groups excluding carboxylic acids is 2. The summed E-state index contributed by atoms with van der Waals surface area (Å²) >= 11 is 0. The van der Waals surface area contributed by atoms with Gasteiger partial charge in [0.1, 0.15) is 6.10 Å². The Morgan fingerprint density at radius 3 is 2.07 bits per heavy atom. The number of unbranched alkanes of at least 4 members (excludes halogenated alkanes) is 8. The molecular formula is C33H61N3O6. The van der Waals surface area contributed by atoms with Gasteiger partial charge in [-0.3, -0.25) is 9.59 Å². The monoisotopic (exact) mass is 595 g/mol. The summed E-state index contributed by atoms with van der Waals surface area (Å²) in [5.74, 6) is -3.15. The number of hydrogen-bond acceptors (Lipinski definition) is 5. The molecule has 0 bridgehead atoms. The van der Waals surface area contributed by atoms with Crippen molar-refractivity contribution in [3.8, 4) is 0 Å². The number of urea groups is 1. The van der Waals surface area contributed by atoms with Crippen molar-refractivity contribution in [2.24, 2.45) is 11.3 Å². The largest absolute Gasteiger partial charge is 0.481 e. The summed E-state index contributed by atoms with van der Waals surface area (Å²) in [5.41, 5.74) is -1.43. The number of carboxylic acid groups (broad SMARTS) is 1. The predicted octanol–water partition coefficient (Wildman–Crippen LogP) is 6.64. The minimum Gasteiger partial charge on any atom is -0.481 e. The van der Waals surface area contributed by atoms with Crippen LogP contribution in [-0.2, 0) is 19.1 Å². The van der Waals surface area contributed by atoms with Crippen molar-refractivity contribution in [2.75, 3.05) is 26.2 Å². The van der Waals surface area contributed by atoms with Gasteiger partial charge in [-0.05, 0) is 39.5 Å². The fraction of sp³-hybridized carbons (Fsp3) is 0.909. The van der Waals surface area contributed by atoms with Gasteiger partial charge in [-0.2, -0.15) is 0 Å². The van der Waals surface area contributed by atoms with E-state index in [2.05, 4.69) is 24.5 Å². The lowest BCUT2D eigenvalue weighted by molar-refractivity contribution is -0.304. The van der Waals surface area contributed by atoms with E-state index in [1.807, 2.05) is 18.7 Å². The van der Waals surface area contributed by atoms with Crippen molar-refractivity contribution in [3.05, 3.63) is 0 Å². The second kappa shape index (κ2) is 17.4. The number of hydrogen-bond donors (Lipinski definition) is 3. The van der Waals surface area contributed by atoms with Crippen LogP contribution in [0.4, 0.5) is 4.79 Å². The first-order valence-electron chi connectivity index (χ1n) is 16.8. The summed E-state index contributed by atoms with van der Waals surface area (Å²) in [6, 6.07) is -0.171. The molecule has 3 N–H and O–H groups in total. The maximum Gasteiger partial charge on any atom is 0.317 e. The highest BCUT2D eigenvalue weighted by molar-refractivity contribution is 5.83. The van der Waals surface area contributed by atoms with E-state index in [1.165, 1.54) is 25.7 Å². The number of amides is 3. The summed E-state index contributed by atoms with van der Waals surface area (Å²) in [5, 5.41) is 16.7. The number of carbonyl (C=O) groups is 3. The zero-order chi connectivity index (χ0) is 31.2. The van der Waals surface area contributed by atoms with E-state index >= 15 is 0 Å². The molecule has 42 heavy (non-hydrogen) atoms. The van der Waals surface area contributed by atoms with Crippen molar-refractivity contribution in [1.29, 1.82) is 0 Å². The highest BCUT2D eigenvalue weighted by Crippen LogP contribution is 2.41. The third kappa shape index (κ3) is 10.7. The molecule has 0 aromatic rings. The van der Waals surface area contributed by atoms with Crippen LogP contribution in [0.1, 0.15) is 138 Å². The first kappa shape index (κ1) is 36.3.